The largest absolute Gasteiger partial charge is 0.383 e. The van der Waals surface area contributed by atoms with Gasteiger partial charge in [-0.2, -0.15) is 5.10 Å². The summed E-state index contributed by atoms with van der Waals surface area (Å²) in [5.74, 6) is 1.10. The third-order valence-electron chi connectivity index (χ3n) is 3.87. The molecule has 0 aromatic carbocycles. The van der Waals surface area contributed by atoms with E-state index in [-0.39, 0.29) is 11.9 Å². The Kier molecular flexibility index (Phi) is 5.19. The molecule has 0 spiro atoms. The molecule has 1 aliphatic heterocycles. The Balaban J connectivity index is 2.19. The van der Waals surface area contributed by atoms with Crippen LogP contribution in [-0.2, 0) is 23.1 Å². The number of methoxy groups -OCH3 is 1. The monoisotopic (exact) mass is 295 g/mol. The summed E-state index contributed by atoms with van der Waals surface area (Å²) in [6.45, 7) is 7.60. The Morgan fingerprint density at radius 2 is 2.29 bits per heavy atom. The van der Waals surface area contributed by atoms with Gasteiger partial charge in [0.2, 0.25) is 5.91 Å². The smallest absolute Gasteiger partial charge is 0.242 e. The predicted molar refractivity (Wildman–Crippen MR) is 81.3 cm³/mol. The van der Waals surface area contributed by atoms with E-state index < -0.39 is 0 Å². The van der Waals surface area contributed by atoms with Crippen LogP contribution < -0.4 is 15.5 Å². The molecule has 118 valence electrons. The fourth-order valence-electron chi connectivity index (χ4n) is 2.72. The second kappa shape index (κ2) is 6.91. The number of rotatable bonds is 6. The highest BCUT2D eigenvalue weighted by atomic mass is 16.5. The van der Waals surface area contributed by atoms with Crippen molar-refractivity contribution >= 4 is 11.7 Å². The van der Waals surface area contributed by atoms with Crippen molar-refractivity contribution in [2.75, 3.05) is 38.3 Å². The average Bonchev–Trinajstić information content (AvgIpc) is 2.73. The molecule has 2 N–H and O–H groups in total. The maximum atomic E-state index is 11.9. The van der Waals surface area contributed by atoms with E-state index in [1.54, 1.807) is 7.11 Å². The molecule has 1 aromatic heterocycles. The topological polar surface area (TPSA) is 71.4 Å². The first kappa shape index (κ1) is 15.8. The zero-order chi connectivity index (χ0) is 15.4. The number of ether oxygens (including phenoxy) is 1. The third-order valence-corrected chi connectivity index (χ3v) is 3.87. The molecule has 0 bridgehead atoms. The first-order valence-electron chi connectivity index (χ1n) is 7.32. The number of aromatic nitrogens is 2. The van der Waals surface area contributed by atoms with Crippen LogP contribution in [0.15, 0.2) is 0 Å². The van der Waals surface area contributed by atoms with Gasteiger partial charge in [0.25, 0.3) is 0 Å². The average molecular weight is 295 g/mol. The number of nitrogens with zero attached hydrogens (tertiary/aromatic N) is 3. The lowest BCUT2D eigenvalue weighted by atomic mass is 10.1. The summed E-state index contributed by atoms with van der Waals surface area (Å²) < 4.78 is 6.92. The standard InChI is InChI=1S/C14H25N5O2/c1-10-12(9-15-6-8-21-4)14(18(3)17-10)19-7-5-16-13(20)11(19)2/h11,15H,5-9H2,1-4H3,(H,16,20). The first-order chi connectivity index (χ1) is 10.1. The zero-order valence-electron chi connectivity index (χ0n) is 13.3. The lowest BCUT2D eigenvalue weighted by Crippen LogP contribution is -2.54. The van der Waals surface area contributed by atoms with Crippen LogP contribution in [0.4, 0.5) is 5.82 Å². The number of nitrogens with one attached hydrogen (secondary N) is 2. The van der Waals surface area contributed by atoms with Crippen LogP contribution in [-0.4, -0.2) is 55.1 Å². The van der Waals surface area contributed by atoms with Gasteiger partial charge in [0.05, 0.1) is 12.3 Å². The number of aryl methyl sites for hydroxylation is 2. The van der Waals surface area contributed by atoms with E-state index in [2.05, 4.69) is 20.6 Å². The Hall–Kier alpha value is -1.60. The van der Waals surface area contributed by atoms with Gasteiger partial charge in [-0.3, -0.25) is 9.48 Å². The molecule has 1 fully saturated rings. The van der Waals surface area contributed by atoms with Crippen LogP contribution in [0.2, 0.25) is 0 Å². The maximum Gasteiger partial charge on any atom is 0.242 e. The molecule has 1 aliphatic rings. The molecule has 2 rings (SSSR count). The third kappa shape index (κ3) is 3.36. The highest BCUT2D eigenvalue weighted by Crippen LogP contribution is 2.25. The molecule has 0 aliphatic carbocycles. The molecule has 1 saturated heterocycles. The summed E-state index contributed by atoms with van der Waals surface area (Å²) >= 11 is 0. The van der Waals surface area contributed by atoms with E-state index in [1.165, 1.54) is 0 Å². The van der Waals surface area contributed by atoms with Crippen molar-refractivity contribution in [3.8, 4) is 0 Å². The van der Waals surface area contributed by atoms with Gasteiger partial charge in [-0.25, -0.2) is 0 Å². The summed E-state index contributed by atoms with van der Waals surface area (Å²) in [5.41, 5.74) is 2.14. The summed E-state index contributed by atoms with van der Waals surface area (Å²) in [4.78, 5) is 14.0. The second-order valence-corrected chi connectivity index (χ2v) is 5.34. The van der Waals surface area contributed by atoms with Gasteiger partial charge in [-0.15, -0.1) is 0 Å². The van der Waals surface area contributed by atoms with Crippen LogP contribution >= 0.6 is 0 Å². The number of hydrogen-bond acceptors (Lipinski definition) is 5. The fourth-order valence-corrected chi connectivity index (χ4v) is 2.72. The molecule has 1 atom stereocenters. The van der Waals surface area contributed by atoms with Crippen LogP contribution in [0, 0.1) is 6.92 Å². The van der Waals surface area contributed by atoms with Crippen molar-refractivity contribution in [2.45, 2.75) is 26.4 Å². The molecule has 0 radical (unpaired) electrons. The van der Waals surface area contributed by atoms with Crippen molar-refractivity contribution in [1.29, 1.82) is 0 Å². The number of hydrogen-bond donors (Lipinski definition) is 2. The van der Waals surface area contributed by atoms with Gasteiger partial charge in [0.1, 0.15) is 11.9 Å². The lowest BCUT2D eigenvalue weighted by Gasteiger charge is -2.35. The van der Waals surface area contributed by atoms with Gasteiger partial charge in [0, 0.05) is 45.9 Å². The van der Waals surface area contributed by atoms with Gasteiger partial charge >= 0.3 is 0 Å². The normalized spacial score (nSPS) is 19.0. The van der Waals surface area contributed by atoms with Crippen molar-refractivity contribution in [3.05, 3.63) is 11.3 Å². The van der Waals surface area contributed by atoms with Gasteiger partial charge in [0.15, 0.2) is 0 Å². The Labute approximate surface area is 125 Å². The summed E-state index contributed by atoms with van der Waals surface area (Å²) in [7, 11) is 3.62. The molecule has 1 unspecified atom stereocenters. The van der Waals surface area contributed by atoms with Crippen molar-refractivity contribution in [2.24, 2.45) is 7.05 Å². The molecule has 7 nitrogen and oxygen atoms in total. The van der Waals surface area contributed by atoms with E-state index >= 15 is 0 Å². The maximum absolute atomic E-state index is 11.9. The molecule has 0 saturated carbocycles. The first-order valence-corrected chi connectivity index (χ1v) is 7.32. The molecular weight excluding hydrogens is 270 g/mol. The van der Waals surface area contributed by atoms with Gasteiger partial charge in [-0.1, -0.05) is 0 Å². The van der Waals surface area contributed by atoms with Crippen molar-refractivity contribution in [3.63, 3.8) is 0 Å². The predicted octanol–water partition coefficient (Wildman–Crippen LogP) is -0.211. The number of carbonyl (C=O) groups excluding carboxylic acids is 1. The van der Waals surface area contributed by atoms with Crippen molar-refractivity contribution in [1.82, 2.24) is 20.4 Å². The minimum absolute atomic E-state index is 0.0680. The summed E-state index contributed by atoms with van der Waals surface area (Å²) in [6, 6.07) is -0.175. The van der Waals surface area contributed by atoms with Gasteiger partial charge < -0.3 is 20.3 Å². The fraction of sp³-hybridized carbons (Fsp3) is 0.714. The van der Waals surface area contributed by atoms with Crippen LogP contribution in [0.1, 0.15) is 18.2 Å². The second-order valence-electron chi connectivity index (χ2n) is 5.34. The van der Waals surface area contributed by atoms with E-state index in [4.69, 9.17) is 4.74 Å². The van der Waals surface area contributed by atoms with E-state index in [0.717, 1.165) is 36.7 Å². The van der Waals surface area contributed by atoms with E-state index in [1.807, 2.05) is 25.6 Å². The Bertz CT molecular complexity index is 500. The Morgan fingerprint density at radius 1 is 1.52 bits per heavy atom. The molecule has 2 heterocycles. The van der Waals surface area contributed by atoms with Crippen LogP contribution in [0.5, 0.6) is 0 Å². The number of piperazine rings is 1. The number of anilines is 1. The summed E-state index contributed by atoms with van der Waals surface area (Å²) in [6.07, 6.45) is 0. The highest BCUT2D eigenvalue weighted by Gasteiger charge is 2.30. The van der Waals surface area contributed by atoms with Gasteiger partial charge in [-0.05, 0) is 13.8 Å². The highest BCUT2D eigenvalue weighted by molar-refractivity contribution is 5.86. The SMILES string of the molecule is COCCNCc1c(C)nn(C)c1N1CCNC(=O)C1C. The van der Waals surface area contributed by atoms with E-state index in [9.17, 15) is 4.79 Å². The molecule has 1 amide bonds. The number of carbonyl (C=O) groups is 1. The minimum atomic E-state index is -0.175. The van der Waals surface area contributed by atoms with E-state index in [0.29, 0.717) is 13.2 Å². The molecule has 7 heteroatoms. The molecular formula is C14H25N5O2. The zero-order valence-corrected chi connectivity index (χ0v) is 13.3. The quantitative estimate of drug-likeness (QED) is 0.711. The minimum Gasteiger partial charge on any atom is -0.383 e. The summed E-state index contributed by atoms with van der Waals surface area (Å²) in [5, 5.41) is 10.8. The van der Waals surface area contributed by atoms with Crippen LogP contribution in [0.3, 0.4) is 0 Å². The Morgan fingerprint density at radius 3 is 3.00 bits per heavy atom. The van der Waals surface area contributed by atoms with Crippen LogP contribution in [0.25, 0.3) is 0 Å². The lowest BCUT2D eigenvalue weighted by molar-refractivity contribution is -0.122. The molecule has 1 aromatic rings. The number of amides is 1. The molecule has 21 heavy (non-hydrogen) atoms. The van der Waals surface area contributed by atoms with Crippen molar-refractivity contribution < 1.29 is 9.53 Å².